The summed E-state index contributed by atoms with van der Waals surface area (Å²) in [4.78, 5) is 13.0. The first kappa shape index (κ1) is 18.8. The number of rotatable bonds is 4. The number of aromatic nitrogens is 6. The molecule has 4 aromatic rings. The first-order chi connectivity index (χ1) is 14.7. The molecular weight excluding hydrogens is 398 g/mol. The minimum absolute atomic E-state index is 0.199. The predicted octanol–water partition coefficient (Wildman–Crippen LogP) is 3.46. The molecule has 152 valence electrons. The summed E-state index contributed by atoms with van der Waals surface area (Å²) in [5.74, 6) is 1.31. The molecular formula is C21H21N7OS. The van der Waals surface area contributed by atoms with Gasteiger partial charge in [-0.3, -0.25) is 0 Å². The monoisotopic (exact) mass is 419 g/mol. The number of para-hydroxylation sites is 1. The van der Waals surface area contributed by atoms with Crippen molar-refractivity contribution >= 4 is 17.3 Å². The highest BCUT2D eigenvalue weighted by atomic mass is 32.1. The Morgan fingerprint density at radius 2 is 1.83 bits per heavy atom. The Morgan fingerprint density at radius 1 is 1.03 bits per heavy atom. The number of nitrogens with zero attached hydrogens (tertiary/aromatic N) is 7. The summed E-state index contributed by atoms with van der Waals surface area (Å²) >= 11 is 1.63. The summed E-state index contributed by atoms with van der Waals surface area (Å²) in [7, 11) is 0. The standard InChI is InChI=1S/C21H21N7OS/c1-14-12-29-13-15(2)27(14)21-22-11-17(19(23-21)18-9-6-10-30-18)20-24-25-26-28(20)16-7-4-3-5-8-16/h3-11,14-15H,12-13H2,1-2H3/t14-,15-/m1/s1. The van der Waals surface area contributed by atoms with Gasteiger partial charge < -0.3 is 9.64 Å². The van der Waals surface area contributed by atoms with Crippen molar-refractivity contribution in [3.63, 3.8) is 0 Å². The van der Waals surface area contributed by atoms with E-state index in [0.717, 1.165) is 21.8 Å². The van der Waals surface area contributed by atoms with E-state index in [-0.39, 0.29) is 12.1 Å². The van der Waals surface area contributed by atoms with Gasteiger partial charge in [0, 0.05) is 6.20 Å². The van der Waals surface area contributed by atoms with Crippen molar-refractivity contribution in [2.24, 2.45) is 0 Å². The third kappa shape index (κ3) is 3.35. The van der Waals surface area contributed by atoms with Crippen molar-refractivity contribution in [3.05, 3.63) is 54.0 Å². The molecule has 1 aliphatic heterocycles. The van der Waals surface area contributed by atoms with Gasteiger partial charge in [0.2, 0.25) is 5.95 Å². The number of tetrazole rings is 1. The summed E-state index contributed by atoms with van der Waals surface area (Å²) in [6, 6.07) is 14.3. The molecule has 0 bridgehead atoms. The Kier molecular flexibility index (Phi) is 4.97. The lowest BCUT2D eigenvalue weighted by Crippen LogP contribution is -2.50. The molecule has 1 fully saturated rings. The van der Waals surface area contributed by atoms with Crippen molar-refractivity contribution in [1.29, 1.82) is 0 Å². The molecule has 0 unspecified atom stereocenters. The van der Waals surface area contributed by atoms with Crippen molar-refractivity contribution in [2.45, 2.75) is 25.9 Å². The highest BCUT2D eigenvalue weighted by Crippen LogP contribution is 2.34. The molecule has 4 heterocycles. The first-order valence-corrected chi connectivity index (χ1v) is 10.7. The van der Waals surface area contributed by atoms with Crippen LogP contribution in [-0.4, -0.2) is 55.5 Å². The van der Waals surface area contributed by atoms with E-state index >= 15 is 0 Å². The number of hydrogen-bond donors (Lipinski definition) is 0. The third-order valence-electron chi connectivity index (χ3n) is 5.14. The van der Waals surface area contributed by atoms with Gasteiger partial charge in [-0.15, -0.1) is 16.4 Å². The van der Waals surface area contributed by atoms with Crippen LogP contribution in [0.15, 0.2) is 54.0 Å². The van der Waals surface area contributed by atoms with Gasteiger partial charge in [0.15, 0.2) is 5.82 Å². The van der Waals surface area contributed by atoms with Crippen LogP contribution in [0.25, 0.3) is 27.6 Å². The Hall–Kier alpha value is -3.17. The molecule has 0 aliphatic carbocycles. The fourth-order valence-corrected chi connectivity index (χ4v) is 4.49. The molecule has 1 saturated heterocycles. The number of anilines is 1. The topological polar surface area (TPSA) is 81.9 Å². The largest absolute Gasteiger partial charge is 0.377 e. The van der Waals surface area contributed by atoms with Crippen LogP contribution in [0.2, 0.25) is 0 Å². The van der Waals surface area contributed by atoms with Crippen LogP contribution in [0.3, 0.4) is 0 Å². The average molecular weight is 420 g/mol. The summed E-state index contributed by atoms with van der Waals surface area (Å²) in [5, 5.41) is 14.5. The van der Waals surface area contributed by atoms with E-state index in [9.17, 15) is 0 Å². The van der Waals surface area contributed by atoms with Gasteiger partial charge in [-0.05, 0) is 47.9 Å². The number of hydrogen-bond acceptors (Lipinski definition) is 8. The highest BCUT2D eigenvalue weighted by Gasteiger charge is 2.29. The molecule has 0 N–H and O–H groups in total. The van der Waals surface area contributed by atoms with E-state index in [1.807, 2.05) is 48.0 Å². The number of ether oxygens (including phenoxy) is 1. The van der Waals surface area contributed by atoms with Crippen molar-refractivity contribution in [1.82, 2.24) is 30.2 Å². The Labute approximate surface area is 178 Å². The quantitative estimate of drug-likeness (QED) is 0.501. The minimum Gasteiger partial charge on any atom is -0.377 e. The molecule has 1 aromatic carbocycles. The van der Waals surface area contributed by atoms with Crippen LogP contribution in [0.5, 0.6) is 0 Å². The molecule has 1 aliphatic rings. The second-order valence-corrected chi connectivity index (χ2v) is 8.25. The lowest BCUT2D eigenvalue weighted by molar-refractivity contribution is 0.0747. The molecule has 8 nitrogen and oxygen atoms in total. The van der Waals surface area contributed by atoms with Gasteiger partial charge in [0.05, 0.1) is 47.1 Å². The molecule has 0 radical (unpaired) electrons. The normalized spacial score (nSPS) is 19.2. The van der Waals surface area contributed by atoms with E-state index < -0.39 is 0 Å². The fourth-order valence-electron chi connectivity index (χ4n) is 3.76. The average Bonchev–Trinajstić information content (AvgIpc) is 3.46. The van der Waals surface area contributed by atoms with Crippen molar-refractivity contribution in [3.8, 4) is 27.6 Å². The molecule has 0 saturated carbocycles. The lowest BCUT2D eigenvalue weighted by Gasteiger charge is -2.38. The van der Waals surface area contributed by atoms with Crippen molar-refractivity contribution < 1.29 is 4.74 Å². The molecule has 2 atom stereocenters. The van der Waals surface area contributed by atoms with E-state index in [1.165, 1.54) is 0 Å². The van der Waals surface area contributed by atoms with Crippen LogP contribution in [0, 0.1) is 0 Å². The zero-order chi connectivity index (χ0) is 20.5. The number of benzene rings is 1. The fraction of sp³-hybridized carbons (Fsp3) is 0.286. The first-order valence-electron chi connectivity index (χ1n) is 9.83. The SMILES string of the molecule is C[C@@H]1COC[C@@H](C)N1c1ncc(-c2nnnn2-c2ccccc2)c(-c2cccs2)n1. The second kappa shape index (κ2) is 7.92. The third-order valence-corrected chi connectivity index (χ3v) is 6.02. The van der Waals surface area contributed by atoms with E-state index in [4.69, 9.17) is 14.7 Å². The smallest absolute Gasteiger partial charge is 0.226 e. The van der Waals surface area contributed by atoms with Gasteiger partial charge in [-0.25, -0.2) is 9.97 Å². The van der Waals surface area contributed by atoms with Crippen LogP contribution < -0.4 is 4.90 Å². The summed E-state index contributed by atoms with van der Waals surface area (Å²) < 4.78 is 7.39. The molecule has 3 aromatic heterocycles. The van der Waals surface area contributed by atoms with Crippen LogP contribution in [0.1, 0.15) is 13.8 Å². The van der Waals surface area contributed by atoms with Crippen molar-refractivity contribution in [2.75, 3.05) is 18.1 Å². The summed E-state index contributed by atoms with van der Waals surface area (Å²) in [5.41, 5.74) is 2.51. The Bertz CT molecular complexity index is 1120. The van der Waals surface area contributed by atoms with Gasteiger partial charge in [0.25, 0.3) is 0 Å². The van der Waals surface area contributed by atoms with Gasteiger partial charge >= 0.3 is 0 Å². The van der Waals surface area contributed by atoms with E-state index in [2.05, 4.69) is 40.3 Å². The minimum atomic E-state index is 0.199. The summed E-state index contributed by atoms with van der Waals surface area (Å²) in [6.07, 6.45) is 1.83. The zero-order valence-electron chi connectivity index (χ0n) is 16.7. The Balaban J connectivity index is 1.65. The van der Waals surface area contributed by atoms with Gasteiger partial charge in [-0.1, -0.05) is 24.3 Å². The maximum absolute atomic E-state index is 5.67. The highest BCUT2D eigenvalue weighted by molar-refractivity contribution is 7.13. The molecule has 9 heteroatoms. The maximum Gasteiger partial charge on any atom is 0.226 e. The molecule has 30 heavy (non-hydrogen) atoms. The molecule has 0 amide bonds. The maximum atomic E-state index is 5.67. The Morgan fingerprint density at radius 3 is 2.57 bits per heavy atom. The number of morpholine rings is 1. The molecule has 0 spiro atoms. The second-order valence-electron chi connectivity index (χ2n) is 7.30. The predicted molar refractivity (Wildman–Crippen MR) is 116 cm³/mol. The number of thiophene rings is 1. The molecule has 5 rings (SSSR count). The van der Waals surface area contributed by atoms with Crippen LogP contribution in [0.4, 0.5) is 5.95 Å². The van der Waals surface area contributed by atoms with E-state index in [1.54, 1.807) is 16.0 Å². The summed E-state index contributed by atoms with van der Waals surface area (Å²) in [6.45, 7) is 5.59. The van der Waals surface area contributed by atoms with Crippen LogP contribution in [-0.2, 0) is 4.74 Å². The van der Waals surface area contributed by atoms with Crippen LogP contribution >= 0.6 is 11.3 Å². The lowest BCUT2D eigenvalue weighted by atomic mass is 10.1. The zero-order valence-corrected chi connectivity index (χ0v) is 17.5. The van der Waals surface area contributed by atoms with Gasteiger partial charge in [-0.2, -0.15) is 4.68 Å². The van der Waals surface area contributed by atoms with E-state index in [0.29, 0.717) is 25.0 Å². The van der Waals surface area contributed by atoms with Gasteiger partial charge in [0.1, 0.15) is 0 Å².